The molecule has 0 spiro atoms. The molecule has 2 fully saturated rings. The van der Waals surface area contributed by atoms with Gasteiger partial charge in [0.15, 0.2) is 0 Å². The Hall–Kier alpha value is -1.10. The summed E-state index contributed by atoms with van der Waals surface area (Å²) in [5.41, 5.74) is -0.0295. The van der Waals surface area contributed by atoms with Crippen molar-refractivity contribution in [2.45, 2.75) is 25.8 Å². The third-order valence-electron chi connectivity index (χ3n) is 2.74. The van der Waals surface area contributed by atoms with E-state index in [9.17, 15) is 9.59 Å². The summed E-state index contributed by atoms with van der Waals surface area (Å²) in [5, 5.41) is 2.58. The predicted octanol–water partition coefficient (Wildman–Crippen LogP) is -0.155. The van der Waals surface area contributed by atoms with Crippen molar-refractivity contribution in [3.63, 3.8) is 0 Å². The monoisotopic (exact) mass is 213 g/mol. The van der Waals surface area contributed by atoms with Gasteiger partial charge in [0, 0.05) is 11.8 Å². The molecule has 0 aromatic rings. The van der Waals surface area contributed by atoms with Crippen molar-refractivity contribution in [1.82, 2.24) is 5.32 Å². The third kappa shape index (κ3) is 2.28. The molecule has 1 N–H and O–H groups in total. The normalized spacial score (nSPS) is 28.1. The molecule has 0 bridgehead atoms. The van der Waals surface area contributed by atoms with E-state index in [2.05, 4.69) is 5.32 Å². The van der Waals surface area contributed by atoms with E-state index < -0.39 is 6.04 Å². The molecule has 2 saturated heterocycles. The maximum absolute atomic E-state index is 11.5. The first-order valence-electron chi connectivity index (χ1n) is 5.13. The number of carbonyl (C=O) groups excluding carboxylic acids is 2. The Bertz CT molecular complexity index is 285. The number of rotatable bonds is 3. The topological polar surface area (TPSA) is 64.6 Å². The zero-order valence-corrected chi connectivity index (χ0v) is 8.75. The number of esters is 1. The van der Waals surface area contributed by atoms with E-state index >= 15 is 0 Å². The summed E-state index contributed by atoms with van der Waals surface area (Å²) in [6.07, 6.45) is 0.963. The molecule has 0 aliphatic carbocycles. The minimum absolute atomic E-state index is 0.0295. The molecule has 0 saturated carbocycles. The number of hydrogen-bond donors (Lipinski definition) is 1. The van der Waals surface area contributed by atoms with Gasteiger partial charge >= 0.3 is 5.97 Å². The van der Waals surface area contributed by atoms with Gasteiger partial charge in [0.05, 0.1) is 13.2 Å². The van der Waals surface area contributed by atoms with Crippen molar-refractivity contribution < 1.29 is 19.1 Å². The number of ether oxygens (including phenoxy) is 2. The highest BCUT2D eigenvalue weighted by Gasteiger charge is 2.36. The summed E-state index contributed by atoms with van der Waals surface area (Å²) in [6, 6.07) is -0.443. The molecule has 1 amide bonds. The van der Waals surface area contributed by atoms with Crippen LogP contribution < -0.4 is 5.32 Å². The van der Waals surface area contributed by atoms with Gasteiger partial charge in [0.25, 0.3) is 0 Å². The molecule has 2 rings (SSSR count). The van der Waals surface area contributed by atoms with Crippen LogP contribution in [0.3, 0.4) is 0 Å². The Labute approximate surface area is 88.1 Å². The van der Waals surface area contributed by atoms with E-state index in [-0.39, 0.29) is 17.3 Å². The van der Waals surface area contributed by atoms with E-state index in [0.29, 0.717) is 32.7 Å². The first-order valence-corrected chi connectivity index (χ1v) is 5.13. The zero-order valence-electron chi connectivity index (χ0n) is 8.75. The highest BCUT2D eigenvalue weighted by molar-refractivity contribution is 5.88. The van der Waals surface area contributed by atoms with Crippen molar-refractivity contribution in [1.29, 1.82) is 0 Å². The molecule has 5 nitrogen and oxygen atoms in total. The third-order valence-corrected chi connectivity index (χ3v) is 2.74. The molecule has 2 heterocycles. The van der Waals surface area contributed by atoms with Crippen molar-refractivity contribution in [3.05, 3.63) is 0 Å². The second-order valence-electron chi connectivity index (χ2n) is 4.57. The quantitative estimate of drug-likeness (QED) is 0.662. The Kier molecular flexibility index (Phi) is 2.65. The lowest BCUT2D eigenvalue weighted by Gasteiger charge is -2.37. The fourth-order valence-electron chi connectivity index (χ4n) is 1.67. The SMILES string of the molecule is CC1(COC(=O)[C@@H]2CCC(=O)N2)COC1. The first kappa shape index (κ1) is 10.4. The standard InChI is InChI=1S/C10H15NO4/c1-10(4-14-5-10)6-15-9(13)7-2-3-8(12)11-7/h7H,2-6H2,1H3,(H,11,12)/t7-/m0/s1. The molecule has 15 heavy (non-hydrogen) atoms. The first-order chi connectivity index (χ1) is 7.09. The van der Waals surface area contributed by atoms with Crippen LogP contribution in [0, 0.1) is 5.41 Å². The lowest BCUT2D eigenvalue weighted by Crippen LogP contribution is -2.45. The van der Waals surface area contributed by atoms with Gasteiger partial charge in [-0.3, -0.25) is 4.79 Å². The average molecular weight is 213 g/mol. The van der Waals surface area contributed by atoms with Gasteiger partial charge in [-0.25, -0.2) is 4.79 Å². The van der Waals surface area contributed by atoms with Crippen LogP contribution in [0.2, 0.25) is 0 Å². The molecule has 0 aromatic carbocycles. The maximum atomic E-state index is 11.5. The molecular weight excluding hydrogens is 198 g/mol. The highest BCUT2D eigenvalue weighted by atomic mass is 16.5. The van der Waals surface area contributed by atoms with Crippen LogP contribution in [0.4, 0.5) is 0 Å². The van der Waals surface area contributed by atoms with Crippen LogP contribution in [0.5, 0.6) is 0 Å². The Morgan fingerprint density at radius 3 is 2.87 bits per heavy atom. The Morgan fingerprint density at radius 1 is 1.67 bits per heavy atom. The minimum atomic E-state index is -0.443. The number of amides is 1. The van der Waals surface area contributed by atoms with Crippen LogP contribution in [0.15, 0.2) is 0 Å². The van der Waals surface area contributed by atoms with Crippen molar-refractivity contribution in [2.24, 2.45) is 5.41 Å². The van der Waals surface area contributed by atoms with Crippen molar-refractivity contribution >= 4 is 11.9 Å². The molecule has 1 atom stereocenters. The second kappa shape index (κ2) is 3.81. The van der Waals surface area contributed by atoms with Crippen LogP contribution in [-0.4, -0.2) is 37.7 Å². The highest BCUT2D eigenvalue weighted by Crippen LogP contribution is 2.26. The molecule has 0 unspecified atom stereocenters. The summed E-state index contributed by atoms with van der Waals surface area (Å²) < 4.78 is 10.2. The largest absolute Gasteiger partial charge is 0.463 e. The van der Waals surface area contributed by atoms with E-state index in [1.807, 2.05) is 6.92 Å². The van der Waals surface area contributed by atoms with Crippen LogP contribution >= 0.6 is 0 Å². The summed E-state index contributed by atoms with van der Waals surface area (Å²) in [7, 11) is 0. The molecule has 5 heteroatoms. The zero-order chi connectivity index (χ0) is 10.9. The predicted molar refractivity (Wildman–Crippen MR) is 51.0 cm³/mol. The molecular formula is C10H15NO4. The summed E-state index contributed by atoms with van der Waals surface area (Å²) in [4.78, 5) is 22.4. The smallest absolute Gasteiger partial charge is 0.328 e. The van der Waals surface area contributed by atoms with Gasteiger partial charge in [0.1, 0.15) is 12.6 Å². The lowest BCUT2D eigenvalue weighted by atomic mass is 9.90. The van der Waals surface area contributed by atoms with Gasteiger partial charge < -0.3 is 14.8 Å². The number of hydrogen-bond acceptors (Lipinski definition) is 4. The van der Waals surface area contributed by atoms with Gasteiger partial charge in [-0.15, -0.1) is 0 Å². The maximum Gasteiger partial charge on any atom is 0.328 e. The molecule has 0 radical (unpaired) electrons. The fraction of sp³-hybridized carbons (Fsp3) is 0.800. The molecule has 84 valence electrons. The van der Waals surface area contributed by atoms with E-state index in [0.717, 1.165) is 0 Å². The Morgan fingerprint density at radius 2 is 2.40 bits per heavy atom. The van der Waals surface area contributed by atoms with E-state index in [4.69, 9.17) is 9.47 Å². The van der Waals surface area contributed by atoms with Gasteiger partial charge in [-0.05, 0) is 6.42 Å². The fourth-order valence-corrected chi connectivity index (χ4v) is 1.67. The van der Waals surface area contributed by atoms with Crippen LogP contribution in [0.1, 0.15) is 19.8 Å². The van der Waals surface area contributed by atoms with Crippen LogP contribution in [-0.2, 0) is 19.1 Å². The van der Waals surface area contributed by atoms with Gasteiger partial charge in [-0.2, -0.15) is 0 Å². The minimum Gasteiger partial charge on any atom is -0.463 e. The molecule has 0 aromatic heterocycles. The average Bonchev–Trinajstić information content (AvgIpc) is 2.58. The number of carbonyl (C=O) groups is 2. The van der Waals surface area contributed by atoms with E-state index in [1.54, 1.807) is 0 Å². The van der Waals surface area contributed by atoms with Gasteiger partial charge in [-0.1, -0.05) is 6.92 Å². The summed E-state index contributed by atoms with van der Waals surface area (Å²) in [6.45, 7) is 3.66. The van der Waals surface area contributed by atoms with E-state index in [1.165, 1.54) is 0 Å². The Balaban J connectivity index is 1.75. The lowest BCUT2D eigenvalue weighted by molar-refractivity contribution is -0.167. The van der Waals surface area contributed by atoms with Crippen molar-refractivity contribution in [2.75, 3.05) is 19.8 Å². The van der Waals surface area contributed by atoms with Gasteiger partial charge in [0.2, 0.25) is 5.91 Å². The number of nitrogens with one attached hydrogen (secondary N) is 1. The summed E-state index contributed by atoms with van der Waals surface area (Å²) >= 11 is 0. The second-order valence-corrected chi connectivity index (χ2v) is 4.57. The molecule has 2 aliphatic rings. The molecule has 2 aliphatic heterocycles. The summed E-state index contributed by atoms with van der Waals surface area (Å²) in [5.74, 6) is -0.399. The van der Waals surface area contributed by atoms with Crippen molar-refractivity contribution in [3.8, 4) is 0 Å². The van der Waals surface area contributed by atoms with Crippen LogP contribution in [0.25, 0.3) is 0 Å².